The minimum atomic E-state index is 0.154. The van der Waals surface area contributed by atoms with Crippen molar-refractivity contribution in [1.82, 2.24) is 9.91 Å². The number of para-hydroxylation sites is 1. The molecule has 2 aromatic rings. The van der Waals surface area contributed by atoms with E-state index in [9.17, 15) is 4.79 Å². The molecule has 1 aliphatic rings. The van der Waals surface area contributed by atoms with Gasteiger partial charge in [-0.15, -0.1) is 0 Å². The van der Waals surface area contributed by atoms with Crippen molar-refractivity contribution in [3.63, 3.8) is 0 Å². The first-order valence-electron chi connectivity index (χ1n) is 9.60. The fraction of sp³-hybridized carbons (Fsp3) is 0.409. The van der Waals surface area contributed by atoms with Crippen LogP contribution in [0.25, 0.3) is 0 Å². The number of amides is 1. The minimum absolute atomic E-state index is 0.154. The Kier molecular flexibility index (Phi) is 6.42. The third-order valence-electron chi connectivity index (χ3n) is 5.03. The van der Waals surface area contributed by atoms with Gasteiger partial charge in [-0.1, -0.05) is 55.5 Å². The molecule has 1 heterocycles. The lowest BCUT2D eigenvalue weighted by Gasteiger charge is -2.45. The number of hydrogen-bond acceptors (Lipinski definition) is 3. The number of carbonyl (C=O) groups is 1. The number of hydrazine groups is 1. The van der Waals surface area contributed by atoms with Gasteiger partial charge in [-0.05, 0) is 31.0 Å². The molecule has 1 amide bonds. The van der Waals surface area contributed by atoms with Crippen LogP contribution in [0.15, 0.2) is 60.7 Å². The van der Waals surface area contributed by atoms with E-state index in [1.165, 1.54) is 5.56 Å². The topological polar surface area (TPSA) is 26.8 Å². The molecule has 4 heteroatoms. The summed E-state index contributed by atoms with van der Waals surface area (Å²) >= 11 is 0. The fourth-order valence-corrected chi connectivity index (χ4v) is 3.61. The van der Waals surface area contributed by atoms with Crippen LogP contribution in [0.1, 0.15) is 25.8 Å². The normalized spacial score (nSPS) is 18.6. The third kappa shape index (κ3) is 4.51. The number of piperazine rings is 1. The van der Waals surface area contributed by atoms with Crippen molar-refractivity contribution in [1.29, 1.82) is 0 Å². The third-order valence-corrected chi connectivity index (χ3v) is 5.03. The van der Waals surface area contributed by atoms with Gasteiger partial charge in [-0.3, -0.25) is 4.79 Å². The molecule has 4 nitrogen and oxygen atoms in total. The zero-order valence-electron chi connectivity index (χ0n) is 15.8. The second kappa shape index (κ2) is 8.97. The van der Waals surface area contributed by atoms with Gasteiger partial charge in [-0.2, -0.15) is 0 Å². The average molecular weight is 351 g/mol. The molecule has 1 saturated heterocycles. The van der Waals surface area contributed by atoms with Crippen LogP contribution in [0.2, 0.25) is 0 Å². The zero-order chi connectivity index (χ0) is 18.4. The van der Waals surface area contributed by atoms with Crippen molar-refractivity contribution in [2.75, 3.05) is 31.2 Å². The van der Waals surface area contributed by atoms with E-state index in [0.29, 0.717) is 12.5 Å². The summed E-state index contributed by atoms with van der Waals surface area (Å²) in [6.07, 6.45) is 1.58. The molecule has 0 N–H and O–H groups in total. The van der Waals surface area contributed by atoms with Crippen LogP contribution in [0.5, 0.6) is 0 Å². The average Bonchev–Trinajstić information content (AvgIpc) is 2.69. The van der Waals surface area contributed by atoms with Gasteiger partial charge in [0.15, 0.2) is 0 Å². The van der Waals surface area contributed by atoms with Crippen LogP contribution in [0.4, 0.5) is 5.69 Å². The first-order chi connectivity index (χ1) is 12.7. The highest BCUT2D eigenvalue weighted by Gasteiger charge is 2.31. The number of benzene rings is 2. The zero-order valence-corrected chi connectivity index (χ0v) is 15.8. The summed E-state index contributed by atoms with van der Waals surface area (Å²) in [6, 6.07) is 21.0. The molecule has 0 saturated carbocycles. The van der Waals surface area contributed by atoms with E-state index in [0.717, 1.165) is 38.3 Å². The molecule has 0 unspecified atom stereocenters. The molecule has 1 fully saturated rings. The Hall–Kier alpha value is -2.17. The summed E-state index contributed by atoms with van der Waals surface area (Å²) in [5.74, 6) is 0.154. The van der Waals surface area contributed by atoms with Crippen molar-refractivity contribution >= 4 is 11.6 Å². The highest BCUT2D eigenvalue weighted by atomic mass is 16.2. The van der Waals surface area contributed by atoms with Crippen molar-refractivity contribution in [3.05, 3.63) is 66.2 Å². The molecule has 0 bridgehead atoms. The molecule has 0 aliphatic carbocycles. The first kappa shape index (κ1) is 18.6. The molecule has 26 heavy (non-hydrogen) atoms. The highest BCUT2D eigenvalue weighted by molar-refractivity contribution is 5.92. The molecule has 3 rings (SSSR count). The number of rotatable bonds is 6. The van der Waals surface area contributed by atoms with E-state index >= 15 is 0 Å². The Morgan fingerprint density at radius 1 is 1.04 bits per heavy atom. The Balaban J connectivity index is 1.64. The predicted octanol–water partition coefficient (Wildman–Crippen LogP) is 3.59. The van der Waals surface area contributed by atoms with Crippen molar-refractivity contribution < 1.29 is 4.79 Å². The molecule has 0 spiro atoms. The Morgan fingerprint density at radius 2 is 1.69 bits per heavy atom. The summed E-state index contributed by atoms with van der Waals surface area (Å²) in [6.45, 7) is 8.04. The maximum Gasteiger partial charge on any atom is 0.241 e. The smallest absolute Gasteiger partial charge is 0.241 e. The lowest BCUT2D eigenvalue weighted by atomic mass is 10.1. The van der Waals surface area contributed by atoms with Crippen molar-refractivity contribution in [2.45, 2.75) is 32.7 Å². The van der Waals surface area contributed by atoms with Gasteiger partial charge in [0.05, 0.1) is 5.69 Å². The number of nitrogens with zero attached hydrogens (tertiary/aromatic N) is 3. The van der Waals surface area contributed by atoms with E-state index in [2.05, 4.69) is 47.2 Å². The van der Waals surface area contributed by atoms with Crippen molar-refractivity contribution in [2.24, 2.45) is 0 Å². The number of hydrogen-bond donors (Lipinski definition) is 0. The van der Waals surface area contributed by atoms with Gasteiger partial charge in [0, 0.05) is 38.6 Å². The van der Waals surface area contributed by atoms with Crippen LogP contribution >= 0.6 is 0 Å². The molecular formula is C22H29N3O. The van der Waals surface area contributed by atoms with Gasteiger partial charge >= 0.3 is 0 Å². The second-order valence-corrected chi connectivity index (χ2v) is 6.94. The summed E-state index contributed by atoms with van der Waals surface area (Å²) in [7, 11) is 0. The number of anilines is 1. The van der Waals surface area contributed by atoms with Gasteiger partial charge in [0.1, 0.15) is 0 Å². The summed E-state index contributed by atoms with van der Waals surface area (Å²) in [4.78, 5) is 15.1. The molecule has 138 valence electrons. The summed E-state index contributed by atoms with van der Waals surface area (Å²) in [5.41, 5.74) is 2.35. The molecule has 0 aromatic heterocycles. The van der Waals surface area contributed by atoms with Gasteiger partial charge in [0.25, 0.3) is 0 Å². The largest absolute Gasteiger partial charge is 0.300 e. The van der Waals surface area contributed by atoms with Gasteiger partial charge in [-0.25, -0.2) is 10.0 Å². The quantitative estimate of drug-likeness (QED) is 0.796. The molecule has 1 aliphatic heterocycles. The van der Waals surface area contributed by atoms with E-state index < -0.39 is 0 Å². The standard InChI is InChI=1S/C22H29N3O/c1-3-22(26)25(21-12-8-5-9-13-21)24-17-16-23(18-19(24)2)15-14-20-10-6-4-7-11-20/h4-13,19H,3,14-18H2,1-2H3/t19-/m1/s1. The minimum Gasteiger partial charge on any atom is -0.300 e. The predicted molar refractivity (Wildman–Crippen MR) is 107 cm³/mol. The van der Waals surface area contributed by atoms with Crippen molar-refractivity contribution in [3.8, 4) is 0 Å². The first-order valence-corrected chi connectivity index (χ1v) is 9.60. The van der Waals surface area contributed by atoms with Crippen LogP contribution in [-0.2, 0) is 11.2 Å². The van der Waals surface area contributed by atoms with E-state index in [4.69, 9.17) is 0 Å². The van der Waals surface area contributed by atoms with E-state index in [1.807, 2.05) is 42.3 Å². The molecule has 1 atom stereocenters. The Morgan fingerprint density at radius 3 is 2.31 bits per heavy atom. The van der Waals surface area contributed by atoms with E-state index in [-0.39, 0.29) is 5.91 Å². The maximum atomic E-state index is 12.6. The van der Waals surface area contributed by atoms with Crippen LogP contribution in [-0.4, -0.2) is 48.0 Å². The number of carbonyl (C=O) groups excluding carboxylic acids is 1. The highest BCUT2D eigenvalue weighted by Crippen LogP contribution is 2.22. The maximum absolute atomic E-state index is 12.6. The van der Waals surface area contributed by atoms with Crippen LogP contribution in [0, 0.1) is 0 Å². The fourth-order valence-electron chi connectivity index (χ4n) is 3.61. The van der Waals surface area contributed by atoms with Crippen LogP contribution < -0.4 is 5.01 Å². The Bertz CT molecular complexity index is 689. The second-order valence-electron chi connectivity index (χ2n) is 6.94. The summed E-state index contributed by atoms with van der Waals surface area (Å²) < 4.78 is 0. The van der Waals surface area contributed by atoms with E-state index in [1.54, 1.807) is 0 Å². The lowest BCUT2D eigenvalue weighted by Crippen LogP contribution is -2.60. The molecular weight excluding hydrogens is 322 g/mol. The monoisotopic (exact) mass is 351 g/mol. The van der Waals surface area contributed by atoms with Gasteiger partial charge < -0.3 is 4.90 Å². The molecule has 2 aromatic carbocycles. The van der Waals surface area contributed by atoms with Crippen LogP contribution in [0.3, 0.4) is 0 Å². The molecule has 0 radical (unpaired) electrons. The SMILES string of the molecule is CCC(=O)N(c1ccccc1)N1CCN(CCc2ccccc2)C[C@H]1C. The van der Waals surface area contributed by atoms with Gasteiger partial charge in [0.2, 0.25) is 5.91 Å². The lowest BCUT2D eigenvalue weighted by molar-refractivity contribution is -0.122. The summed E-state index contributed by atoms with van der Waals surface area (Å²) in [5, 5.41) is 4.12. The Labute approximate surface area is 157 Å².